The monoisotopic (exact) mass is 962 g/mol. The van der Waals surface area contributed by atoms with Crippen molar-refractivity contribution >= 4 is 23.2 Å². The van der Waals surface area contributed by atoms with Crippen molar-refractivity contribution in [1.82, 2.24) is 4.90 Å². The lowest BCUT2D eigenvalue weighted by atomic mass is 9.55. The highest BCUT2D eigenvalue weighted by atomic mass is 16.7. The summed E-state index contributed by atoms with van der Waals surface area (Å²) >= 11 is 0. The van der Waals surface area contributed by atoms with Gasteiger partial charge in [-0.3, -0.25) is 25.1 Å². The van der Waals surface area contributed by atoms with Gasteiger partial charge in [-0.15, -0.1) is 6.58 Å². The maximum Gasteiger partial charge on any atom is 0.410 e. The van der Waals surface area contributed by atoms with E-state index in [1.165, 1.54) is 24.3 Å². The molecule has 7 rings (SSSR count). The number of non-ortho nitro benzene ring substituents is 2. The Balaban J connectivity index is 1.36. The summed E-state index contributed by atoms with van der Waals surface area (Å²) in [4.78, 5) is 44.6. The summed E-state index contributed by atoms with van der Waals surface area (Å²) < 4.78 is 32.6. The number of fused-ring (bicyclic) bond motifs is 2. The van der Waals surface area contributed by atoms with E-state index >= 15 is 0 Å². The number of aliphatic hydroxyl groups excluding tert-OH is 2. The maximum atomic E-state index is 14.6. The number of hydrogen-bond acceptors (Lipinski definition) is 14. The van der Waals surface area contributed by atoms with Gasteiger partial charge in [0, 0.05) is 55.9 Å². The fraction of sp³-hybridized carbons (Fsp3) is 0.434. The van der Waals surface area contributed by atoms with E-state index in [0.717, 1.165) is 29.5 Å². The quantitative estimate of drug-likeness (QED) is 0.0260. The Hall–Kier alpha value is -6.66. The molecule has 6 atom stereocenters. The summed E-state index contributed by atoms with van der Waals surface area (Å²) in [6.45, 7) is 6.81. The SMILES string of the molecule is C=CCO[C@@]12Oc3ccc(Oc4cccc([N+](=O)[O-])c4)cc3[C@H]3[C@H](CCCCO)[C@@H](CCCCO)C=C(C(=NOCc4ccc([N+](=O)[O-])cc4)C[C@@H]1N(CCC)C(=O)OCCOCc1ccccc1)[C@H]32. The van der Waals surface area contributed by atoms with Gasteiger partial charge in [0.05, 0.1) is 47.4 Å². The number of allylic oxidation sites excluding steroid dienone is 1. The first-order chi connectivity index (χ1) is 34.1. The molecular formula is C53H62N4O13. The number of oxime groups is 1. The topological polar surface area (TPSA) is 215 Å². The molecule has 1 heterocycles. The van der Waals surface area contributed by atoms with Gasteiger partial charge in [0.25, 0.3) is 11.4 Å². The minimum absolute atomic E-state index is 0.00324. The second kappa shape index (κ2) is 24.8. The van der Waals surface area contributed by atoms with Crippen LogP contribution < -0.4 is 9.47 Å². The Morgan fingerprint density at radius 2 is 1.60 bits per heavy atom. The van der Waals surface area contributed by atoms with Crippen LogP contribution in [-0.2, 0) is 32.3 Å². The first-order valence-corrected chi connectivity index (χ1v) is 24.0. The summed E-state index contributed by atoms with van der Waals surface area (Å²) in [7, 11) is 0. The molecule has 0 radical (unpaired) electrons. The highest BCUT2D eigenvalue weighted by molar-refractivity contribution is 6.03. The number of aliphatic hydroxyl groups is 2. The zero-order chi connectivity index (χ0) is 49.5. The molecule has 1 fully saturated rings. The number of unbranched alkanes of at least 4 members (excludes halogenated alkanes) is 2. The molecule has 0 unspecified atom stereocenters. The van der Waals surface area contributed by atoms with E-state index in [2.05, 4.69) is 12.7 Å². The standard InChI is InChI=1S/C53H62N4O13/c1-3-25-55(52(60)66-30-29-65-35-37-13-6-5-7-14-37)49-34-47(54-68-36-38-19-21-40(22-20-38)56(61)62)45-31-39(15-8-10-26-58)44(18-9-11-27-59)50-46-33-43(69-42-17-12-16-41(32-42)57(63)64)23-24-48(46)70-53(49,51(45)50)67-28-4-2/h4-7,12-14,16-17,19-24,31-33,39,44,49-51,58-59H,2-3,8-11,15,18,25-30,34-36H2,1H3/t39-,44+,49-,50+,51+,53+/m0/s1. The van der Waals surface area contributed by atoms with E-state index in [-0.39, 0.29) is 87.5 Å². The van der Waals surface area contributed by atoms with E-state index in [4.69, 9.17) is 33.7 Å². The fourth-order valence-corrected chi connectivity index (χ4v) is 10.1. The average Bonchev–Trinajstić information content (AvgIpc) is 3.36. The molecule has 372 valence electrons. The molecule has 17 nitrogen and oxygen atoms in total. The van der Waals surface area contributed by atoms with E-state index in [1.807, 2.05) is 43.3 Å². The van der Waals surface area contributed by atoms with Crippen LogP contribution in [0.25, 0.3) is 0 Å². The molecular weight excluding hydrogens is 901 g/mol. The van der Waals surface area contributed by atoms with Gasteiger partial charge in [-0.1, -0.05) is 73.5 Å². The molecule has 4 aromatic rings. The summed E-state index contributed by atoms with van der Waals surface area (Å²) in [6.07, 6.45) is 7.95. The lowest BCUT2D eigenvalue weighted by Gasteiger charge is -2.59. The van der Waals surface area contributed by atoms with Crippen molar-refractivity contribution < 1.29 is 53.4 Å². The minimum Gasteiger partial charge on any atom is -0.459 e. The van der Waals surface area contributed by atoms with Crippen LogP contribution in [-0.4, -0.2) is 88.2 Å². The van der Waals surface area contributed by atoms with Crippen molar-refractivity contribution in [2.75, 3.05) is 39.6 Å². The number of carbonyl (C=O) groups excluding carboxylic acids is 1. The molecule has 0 aromatic heterocycles. The van der Waals surface area contributed by atoms with Gasteiger partial charge >= 0.3 is 6.09 Å². The molecule has 1 saturated carbocycles. The molecule has 4 aromatic carbocycles. The van der Waals surface area contributed by atoms with E-state index < -0.39 is 33.7 Å². The van der Waals surface area contributed by atoms with E-state index in [9.17, 15) is 35.2 Å². The van der Waals surface area contributed by atoms with Crippen LogP contribution in [0.1, 0.15) is 80.9 Å². The molecule has 2 aliphatic carbocycles. The fourth-order valence-electron chi connectivity index (χ4n) is 10.1. The average molecular weight is 963 g/mol. The molecule has 3 aliphatic rings. The van der Waals surface area contributed by atoms with Crippen molar-refractivity contribution in [2.24, 2.45) is 22.9 Å². The molecule has 70 heavy (non-hydrogen) atoms. The van der Waals surface area contributed by atoms with Crippen molar-refractivity contribution in [2.45, 2.75) is 89.3 Å². The smallest absolute Gasteiger partial charge is 0.410 e. The highest BCUT2D eigenvalue weighted by Crippen LogP contribution is 2.62. The number of amides is 1. The molecule has 2 N–H and O–H groups in total. The van der Waals surface area contributed by atoms with Crippen molar-refractivity contribution in [1.29, 1.82) is 0 Å². The molecule has 17 heteroatoms. The molecule has 0 saturated heterocycles. The Labute approximate surface area is 407 Å². The third-order valence-electron chi connectivity index (χ3n) is 13.1. The van der Waals surface area contributed by atoms with Crippen LogP contribution >= 0.6 is 0 Å². The number of carbonyl (C=O) groups is 1. The van der Waals surface area contributed by atoms with Gasteiger partial charge in [0.2, 0.25) is 5.79 Å². The third kappa shape index (κ3) is 12.2. The number of nitrogens with zero attached hydrogens (tertiary/aromatic N) is 4. The van der Waals surface area contributed by atoms with Crippen LogP contribution in [0.4, 0.5) is 16.2 Å². The third-order valence-corrected chi connectivity index (χ3v) is 13.1. The van der Waals surface area contributed by atoms with Crippen molar-refractivity contribution in [3.05, 3.63) is 158 Å². The Morgan fingerprint density at radius 1 is 0.871 bits per heavy atom. The van der Waals surface area contributed by atoms with Gasteiger partial charge in [0.1, 0.15) is 36.5 Å². The van der Waals surface area contributed by atoms with Gasteiger partial charge < -0.3 is 38.7 Å². The zero-order valence-electron chi connectivity index (χ0n) is 39.5. The lowest BCUT2D eigenvalue weighted by molar-refractivity contribution is -0.385. The van der Waals surface area contributed by atoms with Gasteiger partial charge in [-0.25, -0.2) is 4.79 Å². The van der Waals surface area contributed by atoms with Crippen LogP contribution in [0.2, 0.25) is 0 Å². The number of nitro groups is 2. The zero-order valence-corrected chi connectivity index (χ0v) is 39.5. The minimum atomic E-state index is -1.55. The van der Waals surface area contributed by atoms with Crippen molar-refractivity contribution in [3.63, 3.8) is 0 Å². The predicted molar refractivity (Wildman–Crippen MR) is 260 cm³/mol. The first kappa shape index (κ1) is 51.2. The molecule has 0 spiro atoms. The number of benzene rings is 4. The van der Waals surface area contributed by atoms with Crippen LogP contribution in [0.15, 0.2) is 127 Å². The maximum absolute atomic E-state index is 14.6. The lowest BCUT2D eigenvalue weighted by Crippen LogP contribution is -2.70. The van der Waals surface area contributed by atoms with E-state index in [0.29, 0.717) is 61.5 Å². The summed E-state index contributed by atoms with van der Waals surface area (Å²) in [5.41, 5.74) is 3.62. The van der Waals surface area contributed by atoms with E-state index in [1.54, 1.807) is 47.4 Å². The second-order valence-electron chi connectivity index (χ2n) is 17.7. The number of nitro benzene ring substituents is 2. The molecule has 1 amide bonds. The number of rotatable bonds is 26. The van der Waals surface area contributed by atoms with Crippen LogP contribution in [0.5, 0.6) is 17.2 Å². The first-order valence-electron chi connectivity index (χ1n) is 24.0. The summed E-state index contributed by atoms with van der Waals surface area (Å²) in [5, 5.41) is 47.9. The van der Waals surface area contributed by atoms with Gasteiger partial charge in [-0.05, 0) is 97.0 Å². The number of ether oxygens (including phenoxy) is 5. The van der Waals surface area contributed by atoms with Gasteiger partial charge in [0.15, 0.2) is 0 Å². The number of hydrogen-bond donors (Lipinski definition) is 2. The molecule has 1 aliphatic heterocycles. The Kier molecular flexibility index (Phi) is 18.1. The Morgan fingerprint density at radius 3 is 2.31 bits per heavy atom. The predicted octanol–water partition coefficient (Wildman–Crippen LogP) is 10.2. The molecule has 0 bridgehead atoms. The van der Waals surface area contributed by atoms with Crippen LogP contribution in [0.3, 0.4) is 0 Å². The van der Waals surface area contributed by atoms with Gasteiger partial charge in [-0.2, -0.15) is 0 Å². The summed E-state index contributed by atoms with van der Waals surface area (Å²) in [5.74, 6) is -1.53. The van der Waals surface area contributed by atoms with Crippen molar-refractivity contribution in [3.8, 4) is 17.2 Å². The normalized spacial score (nSPS) is 21.6. The highest BCUT2D eigenvalue weighted by Gasteiger charge is 2.65. The largest absolute Gasteiger partial charge is 0.459 e. The van der Waals surface area contributed by atoms with Crippen LogP contribution in [0, 0.1) is 38.0 Å². The second-order valence-corrected chi connectivity index (χ2v) is 17.7. The summed E-state index contributed by atoms with van der Waals surface area (Å²) in [6, 6.07) is 26.3. The Bertz CT molecular complexity index is 2470.